The van der Waals surface area contributed by atoms with Gasteiger partial charge in [-0.1, -0.05) is 59.9 Å². The average Bonchev–Trinajstić information content (AvgIpc) is 4.06. The van der Waals surface area contributed by atoms with Crippen LogP contribution in [-0.2, 0) is 20.4 Å². The number of rotatable bonds is 10. The van der Waals surface area contributed by atoms with Crippen LogP contribution < -0.4 is 21.9 Å². The summed E-state index contributed by atoms with van der Waals surface area (Å²) in [6.45, 7) is 3.03. The van der Waals surface area contributed by atoms with Crippen molar-refractivity contribution in [3.05, 3.63) is 140 Å². The molecule has 2 aromatic heterocycles. The van der Waals surface area contributed by atoms with E-state index in [0.717, 1.165) is 24.6 Å². The van der Waals surface area contributed by atoms with E-state index >= 15 is 0 Å². The summed E-state index contributed by atoms with van der Waals surface area (Å²) in [6.07, 6.45) is -10.6. The second-order valence-electron chi connectivity index (χ2n) is 17.3. The summed E-state index contributed by atoms with van der Waals surface area (Å²) in [7, 11) is 0. The zero-order valence-corrected chi connectivity index (χ0v) is 36.0. The number of hydrogen-bond donors (Lipinski definition) is 4. The number of carbonyl (C=O) groups excluding carboxylic acids is 2. The lowest BCUT2D eigenvalue weighted by Crippen LogP contribution is -2.58. The highest BCUT2D eigenvalue weighted by Crippen LogP contribution is 2.57. The number of hydrogen-bond acceptors (Lipinski definition) is 10. The third-order valence-electron chi connectivity index (χ3n) is 12.8. The van der Waals surface area contributed by atoms with Gasteiger partial charge in [0.15, 0.2) is 11.6 Å². The predicted molar refractivity (Wildman–Crippen MR) is 227 cm³/mol. The van der Waals surface area contributed by atoms with Crippen LogP contribution in [0.15, 0.2) is 97.5 Å². The largest absolute Gasteiger partial charge is 0.426 e. The van der Waals surface area contributed by atoms with E-state index < -0.39 is 87.7 Å². The minimum absolute atomic E-state index is 0.0374. The third-order valence-corrected chi connectivity index (χ3v) is 12.8. The Hall–Kier alpha value is -6.61. The molecular weight excluding hydrogens is 920 g/mol. The molecule has 21 heteroatoms. The quantitative estimate of drug-likeness (QED) is 0.0965. The Morgan fingerprint density at radius 2 is 1.01 bits per heavy atom. The van der Waals surface area contributed by atoms with Crippen LogP contribution in [0.3, 0.4) is 0 Å². The van der Waals surface area contributed by atoms with Gasteiger partial charge in [-0.15, -0.1) is 0 Å². The molecular formula is C47H41F9N4O8. The van der Waals surface area contributed by atoms with Gasteiger partial charge in [0.05, 0.1) is 22.2 Å². The van der Waals surface area contributed by atoms with E-state index in [2.05, 4.69) is 24.7 Å². The first-order valence-electron chi connectivity index (χ1n) is 21.1. The van der Waals surface area contributed by atoms with Crippen LogP contribution in [0.1, 0.15) is 80.3 Å². The van der Waals surface area contributed by atoms with Crippen LogP contribution >= 0.6 is 0 Å². The first-order chi connectivity index (χ1) is 31.8. The van der Waals surface area contributed by atoms with E-state index in [1.54, 1.807) is 0 Å². The topological polar surface area (TPSA) is 185 Å². The van der Waals surface area contributed by atoms with Crippen molar-refractivity contribution in [2.45, 2.75) is 106 Å². The molecule has 2 fully saturated rings. The maximum Gasteiger partial charge on any atom is 0.426 e. The number of aliphatic hydroxyl groups is 2. The fourth-order valence-corrected chi connectivity index (χ4v) is 8.95. The number of halogens is 9. The average molecular weight is 961 g/mol. The molecule has 2 heterocycles. The molecule has 0 aliphatic heterocycles. The molecule has 12 nitrogen and oxygen atoms in total. The van der Waals surface area contributed by atoms with E-state index in [9.17, 15) is 68.9 Å². The lowest BCUT2D eigenvalue weighted by atomic mass is 9.63. The second kappa shape index (κ2) is 18.1. The van der Waals surface area contributed by atoms with Gasteiger partial charge in [0, 0.05) is 45.8 Å². The first-order valence-corrected chi connectivity index (χ1v) is 21.1. The summed E-state index contributed by atoms with van der Waals surface area (Å²) in [5.41, 5.74) is -12.0. The maximum atomic E-state index is 14.8. The molecule has 6 aromatic rings. The van der Waals surface area contributed by atoms with Gasteiger partial charge in [-0.25, -0.2) is 22.8 Å². The molecule has 2 atom stereocenters. The Morgan fingerprint density at radius 1 is 0.588 bits per heavy atom. The summed E-state index contributed by atoms with van der Waals surface area (Å²) in [4.78, 5) is 49.3. The number of anilines is 2. The van der Waals surface area contributed by atoms with Crippen molar-refractivity contribution >= 4 is 44.7 Å². The van der Waals surface area contributed by atoms with E-state index in [4.69, 9.17) is 0 Å². The summed E-state index contributed by atoms with van der Waals surface area (Å²) >= 11 is 0. The molecule has 8 rings (SSSR count). The number of nitrogens with one attached hydrogen (secondary N) is 2. The van der Waals surface area contributed by atoms with Crippen molar-refractivity contribution in [3.63, 3.8) is 0 Å². The van der Waals surface area contributed by atoms with E-state index in [-0.39, 0.29) is 75.4 Å². The molecule has 68 heavy (non-hydrogen) atoms. The highest BCUT2D eigenvalue weighted by atomic mass is 19.4. The lowest BCUT2D eigenvalue weighted by Gasteiger charge is -2.43. The van der Waals surface area contributed by atoms with Crippen LogP contribution in [-0.4, -0.2) is 55.9 Å². The predicted octanol–water partition coefficient (Wildman–Crippen LogP) is 9.29. The van der Waals surface area contributed by atoms with Crippen molar-refractivity contribution in [2.24, 2.45) is 0 Å². The molecule has 0 radical (unpaired) electrons. The van der Waals surface area contributed by atoms with E-state index in [1.807, 2.05) is 5.32 Å². The molecule has 4 N–H and O–H groups in total. The molecule has 0 spiro atoms. The van der Waals surface area contributed by atoms with Crippen molar-refractivity contribution in [3.8, 4) is 0 Å². The van der Waals surface area contributed by atoms with Crippen molar-refractivity contribution in [1.82, 2.24) is 10.3 Å². The van der Waals surface area contributed by atoms with Gasteiger partial charge in [-0.05, 0) is 99.2 Å². The number of benzene rings is 4. The van der Waals surface area contributed by atoms with Gasteiger partial charge in [0.2, 0.25) is 11.2 Å². The molecule has 0 saturated heterocycles. The summed E-state index contributed by atoms with van der Waals surface area (Å²) < 4.78 is 137. The smallest absolute Gasteiger partial charge is 0.373 e. The molecule has 0 bridgehead atoms. The van der Waals surface area contributed by atoms with Gasteiger partial charge >= 0.3 is 23.6 Å². The Kier molecular flexibility index (Phi) is 13.1. The molecule has 360 valence electrons. The van der Waals surface area contributed by atoms with Crippen molar-refractivity contribution in [2.75, 3.05) is 10.6 Å². The SMILES string of the molecule is Cc1noc(=O)c2ccc(NC(=O)C(O)(CC3(c4cccc(F)c4F)CC3)C(F)(F)F)cc12.Cc1noc(=O)c2ccc(NC(=O)C(O)(CC3(c4ccccc4F)CCCCC3)C(F)(F)F)cc12. The molecule has 2 amide bonds. The van der Waals surface area contributed by atoms with Crippen LogP contribution in [0.4, 0.5) is 50.9 Å². The monoisotopic (exact) mass is 960 g/mol. The molecule has 2 saturated carbocycles. The van der Waals surface area contributed by atoms with E-state index in [0.29, 0.717) is 18.5 Å². The minimum atomic E-state index is -5.41. The van der Waals surface area contributed by atoms with Gasteiger partial charge in [-0.2, -0.15) is 26.3 Å². The second-order valence-corrected chi connectivity index (χ2v) is 17.3. The molecule has 2 aliphatic rings. The van der Waals surface area contributed by atoms with Crippen molar-refractivity contribution < 1.29 is 68.4 Å². The van der Waals surface area contributed by atoms with Crippen LogP contribution in [0.25, 0.3) is 21.5 Å². The highest BCUT2D eigenvalue weighted by Gasteiger charge is 2.66. The Morgan fingerprint density at radius 3 is 1.46 bits per heavy atom. The van der Waals surface area contributed by atoms with Gasteiger partial charge in [0.25, 0.3) is 11.8 Å². The fraction of sp³-hybridized carbons (Fsp3) is 0.362. The van der Waals surface area contributed by atoms with Crippen LogP contribution in [0, 0.1) is 31.3 Å². The molecule has 2 unspecified atom stereocenters. The van der Waals surface area contributed by atoms with Crippen LogP contribution in [0.2, 0.25) is 0 Å². The Bertz CT molecular complexity index is 3040. The first kappa shape index (κ1) is 49.3. The Balaban J connectivity index is 0.000000202. The number of aromatic nitrogens is 2. The van der Waals surface area contributed by atoms with Gasteiger partial charge < -0.3 is 29.9 Å². The summed E-state index contributed by atoms with van der Waals surface area (Å²) in [5, 5.41) is 33.5. The fourth-order valence-electron chi connectivity index (χ4n) is 8.95. The highest BCUT2D eigenvalue weighted by molar-refractivity contribution is 6.01. The van der Waals surface area contributed by atoms with Crippen molar-refractivity contribution in [1.29, 1.82) is 0 Å². The zero-order valence-electron chi connectivity index (χ0n) is 36.0. The number of nitrogens with zero attached hydrogens (tertiary/aromatic N) is 2. The molecule has 4 aromatic carbocycles. The maximum absolute atomic E-state index is 14.8. The Labute approximate surface area is 379 Å². The minimum Gasteiger partial charge on any atom is -0.373 e. The van der Waals surface area contributed by atoms with E-state index in [1.165, 1.54) is 74.5 Å². The number of fused-ring (bicyclic) bond motifs is 2. The number of aryl methyl sites for hydroxylation is 2. The standard InChI is InChI=1S/C25H24F4N2O4.C22H17F5N2O4/c1-15-18-13-16(9-10-17(18)21(32)35-31-15)30-22(33)24(34,25(27,28)29)14-23(11-5-2-6-12-23)19-7-3-4-8-20(19)26;1-11-14-9-12(5-6-13(14)18(30)33-29-11)28-19(31)21(32,22(25,26)27)10-20(7-8-20)15-3-2-4-16(23)17(15)24/h3-4,7-10,13,34H,2,5-6,11-12,14H2,1H3,(H,30,33);2-6,9,32H,7-8,10H2,1H3,(H,28,31). The van der Waals surface area contributed by atoms with Crippen LogP contribution in [0.5, 0.6) is 0 Å². The number of carbonyl (C=O) groups is 2. The number of amides is 2. The normalized spacial score (nSPS) is 17.3. The lowest BCUT2D eigenvalue weighted by molar-refractivity contribution is -0.256. The summed E-state index contributed by atoms with van der Waals surface area (Å²) in [5.74, 6) is -6.68. The number of alkyl halides is 6. The summed E-state index contributed by atoms with van der Waals surface area (Å²) in [6, 6.07) is 16.1. The third kappa shape index (κ3) is 9.32. The van der Waals surface area contributed by atoms with Gasteiger partial charge in [-0.3, -0.25) is 9.59 Å². The molecule has 2 aliphatic carbocycles. The zero-order chi connectivity index (χ0) is 49.6. The van der Waals surface area contributed by atoms with Gasteiger partial charge in [0.1, 0.15) is 5.82 Å².